The molecule has 100 valence electrons. The summed E-state index contributed by atoms with van der Waals surface area (Å²) in [7, 11) is 0. The van der Waals surface area contributed by atoms with Crippen LogP contribution >= 0.6 is 0 Å². The number of para-hydroxylation sites is 1. The zero-order valence-electron chi connectivity index (χ0n) is 10.4. The Labute approximate surface area is 114 Å². The lowest BCUT2D eigenvalue weighted by atomic mass is 10.1. The van der Waals surface area contributed by atoms with E-state index in [0.29, 0.717) is 17.7 Å². The second kappa shape index (κ2) is 4.77. The standard InChI is InChI=1S/C15H11FN2O2/c16-11-3-1-2-4-12(11)18-15(20)10-6-5-9-8-14(19)17-13(9)7-10/h1-7H,8H2,(H,17,19)(H,18,20). The first-order chi connectivity index (χ1) is 9.63. The number of hydrogen-bond donors (Lipinski definition) is 2. The van der Waals surface area contributed by atoms with Crippen molar-refractivity contribution in [3.63, 3.8) is 0 Å². The lowest BCUT2D eigenvalue weighted by molar-refractivity contribution is -0.115. The molecule has 5 heteroatoms. The van der Waals surface area contributed by atoms with Gasteiger partial charge in [-0.1, -0.05) is 18.2 Å². The highest BCUT2D eigenvalue weighted by Gasteiger charge is 2.19. The Morgan fingerprint density at radius 1 is 1.20 bits per heavy atom. The zero-order valence-corrected chi connectivity index (χ0v) is 10.4. The van der Waals surface area contributed by atoms with Crippen molar-refractivity contribution in [3.8, 4) is 0 Å². The Morgan fingerprint density at radius 3 is 2.80 bits per heavy atom. The van der Waals surface area contributed by atoms with Crippen molar-refractivity contribution in [3.05, 3.63) is 59.4 Å². The van der Waals surface area contributed by atoms with Crippen LogP contribution in [0.15, 0.2) is 42.5 Å². The maximum atomic E-state index is 13.5. The van der Waals surface area contributed by atoms with Crippen LogP contribution in [0, 0.1) is 5.82 Å². The highest BCUT2D eigenvalue weighted by atomic mass is 19.1. The van der Waals surface area contributed by atoms with Gasteiger partial charge >= 0.3 is 0 Å². The molecule has 1 aliphatic rings. The fourth-order valence-electron chi connectivity index (χ4n) is 2.11. The topological polar surface area (TPSA) is 58.2 Å². The van der Waals surface area contributed by atoms with Crippen molar-refractivity contribution in [2.45, 2.75) is 6.42 Å². The van der Waals surface area contributed by atoms with Gasteiger partial charge in [-0.15, -0.1) is 0 Å². The average Bonchev–Trinajstić information content (AvgIpc) is 2.80. The second-order valence-corrected chi connectivity index (χ2v) is 4.53. The molecular formula is C15H11FN2O2. The van der Waals surface area contributed by atoms with Gasteiger partial charge in [0.05, 0.1) is 12.1 Å². The molecule has 0 saturated carbocycles. The van der Waals surface area contributed by atoms with Crippen LogP contribution in [0.5, 0.6) is 0 Å². The van der Waals surface area contributed by atoms with Crippen LogP contribution in [-0.4, -0.2) is 11.8 Å². The lowest BCUT2D eigenvalue weighted by Crippen LogP contribution is -2.13. The fraction of sp³-hybridized carbons (Fsp3) is 0.0667. The van der Waals surface area contributed by atoms with E-state index in [9.17, 15) is 14.0 Å². The van der Waals surface area contributed by atoms with Gasteiger partial charge in [-0.3, -0.25) is 9.59 Å². The van der Waals surface area contributed by atoms with Crippen LogP contribution in [0.3, 0.4) is 0 Å². The maximum absolute atomic E-state index is 13.5. The first-order valence-electron chi connectivity index (χ1n) is 6.12. The Hall–Kier alpha value is -2.69. The first kappa shape index (κ1) is 12.3. The third-order valence-corrected chi connectivity index (χ3v) is 3.12. The normalized spacial score (nSPS) is 12.8. The van der Waals surface area contributed by atoms with Gasteiger partial charge in [-0.05, 0) is 29.8 Å². The van der Waals surface area contributed by atoms with Crippen molar-refractivity contribution in [2.24, 2.45) is 0 Å². The summed E-state index contributed by atoms with van der Waals surface area (Å²) in [5.41, 5.74) is 1.99. The molecule has 0 aliphatic carbocycles. The van der Waals surface area contributed by atoms with Gasteiger partial charge in [0.2, 0.25) is 5.91 Å². The first-order valence-corrected chi connectivity index (χ1v) is 6.12. The Bertz CT molecular complexity index is 713. The smallest absolute Gasteiger partial charge is 0.255 e. The number of anilines is 2. The number of carbonyl (C=O) groups is 2. The highest BCUT2D eigenvalue weighted by molar-refractivity contribution is 6.07. The van der Waals surface area contributed by atoms with Gasteiger partial charge in [0.1, 0.15) is 5.82 Å². The summed E-state index contributed by atoms with van der Waals surface area (Å²) in [5.74, 6) is -0.999. The molecule has 2 aromatic rings. The van der Waals surface area contributed by atoms with E-state index in [1.165, 1.54) is 12.1 Å². The third kappa shape index (κ3) is 2.25. The van der Waals surface area contributed by atoms with Crippen molar-refractivity contribution >= 4 is 23.2 Å². The highest BCUT2D eigenvalue weighted by Crippen LogP contribution is 2.24. The molecule has 1 heterocycles. The molecule has 2 aromatic carbocycles. The van der Waals surface area contributed by atoms with Gasteiger partial charge < -0.3 is 10.6 Å². The van der Waals surface area contributed by atoms with E-state index in [1.54, 1.807) is 30.3 Å². The molecular weight excluding hydrogens is 259 g/mol. The number of benzene rings is 2. The quantitative estimate of drug-likeness (QED) is 0.881. The molecule has 0 aromatic heterocycles. The van der Waals surface area contributed by atoms with Crippen LogP contribution < -0.4 is 10.6 Å². The molecule has 0 saturated heterocycles. The van der Waals surface area contributed by atoms with Crippen LogP contribution in [0.25, 0.3) is 0 Å². The summed E-state index contributed by atoms with van der Waals surface area (Å²) >= 11 is 0. The summed E-state index contributed by atoms with van der Waals surface area (Å²) in [4.78, 5) is 23.3. The van der Waals surface area contributed by atoms with Crippen molar-refractivity contribution in [2.75, 3.05) is 10.6 Å². The summed E-state index contributed by atoms with van der Waals surface area (Å²) in [5, 5.41) is 5.18. The van der Waals surface area contributed by atoms with E-state index in [0.717, 1.165) is 5.56 Å². The van der Waals surface area contributed by atoms with Gasteiger partial charge in [0.15, 0.2) is 0 Å². The predicted octanol–water partition coefficient (Wildman–Crippen LogP) is 2.57. The van der Waals surface area contributed by atoms with E-state index >= 15 is 0 Å². The molecule has 3 rings (SSSR count). The Kier molecular flexibility index (Phi) is 2.95. The average molecular weight is 270 g/mol. The minimum absolute atomic E-state index is 0.0911. The van der Waals surface area contributed by atoms with Crippen LogP contribution in [0.1, 0.15) is 15.9 Å². The summed E-state index contributed by atoms with van der Waals surface area (Å²) in [6, 6.07) is 10.9. The maximum Gasteiger partial charge on any atom is 0.255 e. The summed E-state index contributed by atoms with van der Waals surface area (Å²) < 4.78 is 13.5. The minimum Gasteiger partial charge on any atom is -0.326 e. The third-order valence-electron chi connectivity index (χ3n) is 3.12. The Balaban J connectivity index is 1.84. The predicted molar refractivity (Wildman–Crippen MR) is 73.1 cm³/mol. The van der Waals surface area contributed by atoms with Crippen molar-refractivity contribution in [1.82, 2.24) is 0 Å². The van der Waals surface area contributed by atoms with Crippen LogP contribution in [0.2, 0.25) is 0 Å². The van der Waals surface area contributed by atoms with E-state index < -0.39 is 11.7 Å². The number of amides is 2. The minimum atomic E-state index is -0.490. The number of halogens is 1. The molecule has 1 aliphatic heterocycles. The Morgan fingerprint density at radius 2 is 2.00 bits per heavy atom. The molecule has 2 N–H and O–H groups in total. The number of carbonyl (C=O) groups excluding carboxylic acids is 2. The molecule has 20 heavy (non-hydrogen) atoms. The molecule has 0 spiro atoms. The van der Waals surface area contributed by atoms with Gasteiger partial charge in [0.25, 0.3) is 5.91 Å². The fourth-order valence-corrected chi connectivity index (χ4v) is 2.11. The van der Waals surface area contributed by atoms with Crippen molar-refractivity contribution < 1.29 is 14.0 Å². The number of fused-ring (bicyclic) bond motifs is 1. The lowest BCUT2D eigenvalue weighted by Gasteiger charge is -2.07. The second-order valence-electron chi connectivity index (χ2n) is 4.53. The number of rotatable bonds is 2. The monoisotopic (exact) mass is 270 g/mol. The number of hydrogen-bond acceptors (Lipinski definition) is 2. The van der Waals surface area contributed by atoms with E-state index in [4.69, 9.17) is 0 Å². The largest absolute Gasteiger partial charge is 0.326 e. The van der Waals surface area contributed by atoms with Gasteiger partial charge in [-0.25, -0.2) is 4.39 Å². The SMILES string of the molecule is O=C1Cc2ccc(C(=O)Nc3ccccc3F)cc2N1. The summed E-state index contributed by atoms with van der Waals surface area (Å²) in [6.07, 6.45) is 0.324. The zero-order chi connectivity index (χ0) is 14.1. The van der Waals surface area contributed by atoms with Gasteiger partial charge in [-0.2, -0.15) is 0 Å². The molecule has 0 unspecified atom stereocenters. The van der Waals surface area contributed by atoms with Crippen LogP contribution in [0.4, 0.5) is 15.8 Å². The van der Waals surface area contributed by atoms with E-state index in [-0.39, 0.29) is 11.6 Å². The molecule has 0 radical (unpaired) electrons. The van der Waals surface area contributed by atoms with E-state index in [2.05, 4.69) is 10.6 Å². The molecule has 4 nitrogen and oxygen atoms in total. The number of nitrogens with one attached hydrogen (secondary N) is 2. The molecule has 2 amide bonds. The molecule has 0 atom stereocenters. The molecule has 0 bridgehead atoms. The summed E-state index contributed by atoms with van der Waals surface area (Å²) in [6.45, 7) is 0. The van der Waals surface area contributed by atoms with E-state index in [1.807, 2.05) is 0 Å². The molecule has 0 fully saturated rings. The van der Waals surface area contributed by atoms with Crippen molar-refractivity contribution in [1.29, 1.82) is 0 Å². The van der Waals surface area contributed by atoms with Crippen LogP contribution in [-0.2, 0) is 11.2 Å². The van der Waals surface area contributed by atoms with Gasteiger partial charge in [0, 0.05) is 11.3 Å².